The van der Waals surface area contributed by atoms with E-state index in [1.165, 1.54) is 0 Å². The van der Waals surface area contributed by atoms with Gasteiger partial charge >= 0.3 is 0 Å². The first-order valence-electron chi connectivity index (χ1n) is 6.11. The molecule has 7 heteroatoms. The van der Waals surface area contributed by atoms with Crippen LogP contribution in [0.1, 0.15) is 17.2 Å². The highest BCUT2D eigenvalue weighted by Gasteiger charge is 2.32. The summed E-state index contributed by atoms with van der Waals surface area (Å²) >= 11 is 5.00. The number of ether oxygens (including phenoxy) is 1. The van der Waals surface area contributed by atoms with E-state index >= 15 is 0 Å². The summed E-state index contributed by atoms with van der Waals surface area (Å²) in [6, 6.07) is 11.3. The van der Waals surface area contributed by atoms with Gasteiger partial charge in [-0.2, -0.15) is 5.26 Å². The molecular weight excluding hydrogens is 288 g/mol. The average Bonchev–Trinajstić information content (AvgIpc) is 2.48. The van der Waals surface area contributed by atoms with Crippen molar-refractivity contribution in [3.8, 4) is 11.8 Å². The molecule has 0 radical (unpaired) electrons. The van der Waals surface area contributed by atoms with Gasteiger partial charge in [0.2, 0.25) is 11.6 Å². The lowest BCUT2D eigenvalue weighted by atomic mass is 9.87. The van der Waals surface area contributed by atoms with E-state index in [9.17, 15) is 10.1 Å². The zero-order valence-corrected chi connectivity index (χ0v) is 11.5. The highest BCUT2D eigenvalue weighted by molar-refractivity contribution is 7.71. The molecule has 6 nitrogen and oxygen atoms in total. The number of nitrogens with two attached hydrogens (primary N) is 1. The minimum absolute atomic E-state index is 0.0361. The first-order valence-corrected chi connectivity index (χ1v) is 6.51. The van der Waals surface area contributed by atoms with Crippen LogP contribution in [-0.4, -0.2) is 9.97 Å². The molecule has 3 rings (SSSR count). The van der Waals surface area contributed by atoms with Crippen LogP contribution in [0.3, 0.4) is 0 Å². The fourth-order valence-corrected chi connectivity index (χ4v) is 2.55. The lowest BCUT2D eigenvalue weighted by Gasteiger charge is -2.25. The van der Waals surface area contributed by atoms with Crippen molar-refractivity contribution in [2.24, 2.45) is 5.73 Å². The Morgan fingerprint density at radius 2 is 2.00 bits per heavy atom. The number of nitriles is 1. The van der Waals surface area contributed by atoms with Gasteiger partial charge < -0.3 is 15.5 Å². The number of fused-ring (bicyclic) bond motifs is 1. The van der Waals surface area contributed by atoms with E-state index in [0.29, 0.717) is 5.69 Å². The maximum atomic E-state index is 12.0. The van der Waals surface area contributed by atoms with Crippen molar-refractivity contribution in [2.45, 2.75) is 5.92 Å². The summed E-state index contributed by atoms with van der Waals surface area (Å²) in [6.07, 6.45) is 0. The van der Waals surface area contributed by atoms with Gasteiger partial charge in [-0.3, -0.25) is 9.78 Å². The normalized spacial score (nSPS) is 16.8. The van der Waals surface area contributed by atoms with Crippen LogP contribution in [0.4, 0.5) is 0 Å². The zero-order valence-electron chi connectivity index (χ0n) is 10.7. The van der Waals surface area contributed by atoms with E-state index in [1.807, 2.05) is 36.4 Å². The van der Waals surface area contributed by atoms with Crippen LogP contribution in [0.2, 0.25) is 0 Å². The van der Waals surface area contributed by atoms with Gasteiger partial charge in [0, 0.05) is 0 Å². The van der Waals surface area contributed by atoms with Gasteiger partial charge in [0.15, 0.2) is 4.77 Å². The number of benzene rings is 1. The predicted molar refractivity (Wildman–Crippen MR) is 78.0 cm³/mol. The molecule has 104 valence electrons. The summed E-state index contributed by atoms with van der Waals surface area (Å²) in [4.78, 5) is 17.3. The highest BCUT2D eigenvalue weighted by Crippen LogP contribution is 2.38. The summed E-state index contributed by atoms with van der Waals surface area (Å²) in [7, 11) is 0. The van der Waals surface area contributed by atoms with E-state index in [-0.39, 0.29) is 22.0 Å². The molecule has 2 heterocycles. The Kier molecular flexibility index (Phi) is 3.08. The van der Waals surface area contributed by atoms with Crippen molar-refractivity contribution in [3.63, 3.8) is 0 Å². The maximum Gasteiger partial charge on any atom is 0.295 e. The van der Waals surface area contributed by atoms with E-state index in [4.69, 9.17) is 22.7 Å². The number of allylic oxidation sites excluding steroid dienone is 1. The van der Waals surface area contributed by atoms with Crippen molar-refractivity contribution < 1.29 is 4.74 Å². The summed E-state index contributed by atoms with van der Waals surface area (Å²) in [5.41, 5.74) is 6.79. The minimum Gasteiger partial charge on any atom is -0.433 e. The molecule has 0 spiro atoms. The second-order valence-corrected chi connectivity index (χ2v) is 4.89. The molecule has 0 fully saturated rings. The second kappa shape index (κ2) is 4.92. The fraction of sp³-hybridized carbons (Fsp3) is 0.0714. The molecule has 0 amide bonds. The van der Waals surface area contributed by atoms with E-state index < -0.39 is 11.5 Å². The smallest absolute Gasteiger partial charge is 0.295 e. The Morgan fingerprint density at radius 3 is 2.67 bits per heavy atom. The highest BCUT2D eigenvalue weighted by atomic mass is 32.1. The first kappa shape index (κ1) is 13.1. The summed E-state index contributed by atoms with van der Waals surface area (Å²) in [6.45, 7) is 0. The van der Waals surface area contributed by atoms with Crippen LogP contribution in [0, 0.1) is 16.1 Å². The number of rotatable bonds is 1. The molecule has 1 atom stereocenters. The summed E-state index contributed by atoms with van der Waals surface area (Å²) in [5, 5.41) is 9.36. The minimum atomic E-state index is -0.510. The second-order valence-electron chi connectivity index (χ2n) is 4.49. The van der Waals surface area contributed by atoms with Crippen LogP contribution in [-0.2, 0) is 0 Å². The van der Waals surface area contributed by atoms with Crippen LogP contribution < -0.4 is 16.0 Å². The molecule has 1 aromatic heterocycles. The third kappa shape index (κ3) is 2.11. The number of hydrogen-bond donors (Lipinski definition) is 3. The molecule has 2 aromatic rings. The van der Waals surface area contributed by atoms with Crippen LogP contribution in [0.25, 0.3) is 0 Å². The van der Waals surface area contributed by atoms with Gasteiger partial charge in [0.05, 0.1) is 11.6 Å². The van der Waals surface area contributed by atoms with E-state index in [2.05, 4.69) is 9.97 Å². The summed E-state index contributed by atoms with van der Waals surface area (Å²) in [5.74, 6) is -0.548. The van der Waals surface area contributed by atoms with Crippen LogP contribution in [0.15, 0.2) is 46.6 Å². The quantitative estimate of drug-likeness (QED) is 0.694. The standard InChI is InChI=1S/C14H10N4O2S/c15-6-8-9(7-4-2-1-3-5-7)10-11(20-12(8)16)13(19)18-14(21)17-10/h1-5,9H,16H2,(H2,17,18,19,21)/t9-/m1/s1. The lowest BCUT2D eigenvalue weighted by molar-refractivity contribution is 0.382. The fourth-order valence-electron chi connectivity index (χ4n) is 2.35. The molecular formula is C14H10N4O2S. The van der Waals surface area contributed by atoms with Gasteiger partial charge in [0.25, 0.3) is 5.56 Å². The number of aromatic amines is 2. The molecule has 1 aliphatic heterocycles. The largest absolute Gasteiger partial charge is 0.433 e. The Labute approximate surface area is 124 Å². The molecule has 21 heavy (non-hydrogen) atoms. The van der Waals surface area contributed by atoms with Gasteiger partial charge in [-0.1, -0.05) is 30.3 Å². The predicted octanol–water partition coefficient (Wildman–Crippen LogP) is 1.65. The zero-order chi connectivity index (χ0) is 15.0. The molecule has 4 N–H and O–H groups in total. The molecule has 1 aromatic carbocycles. The van der Waals surface area contributed by atoms with Gasteiger partial charge in [-0.15, -0.1) is 0 Å². The molecule has 0 saturated carbocycles. The molecule has 0 saturated heterocycles. The van der Waals surface area contributed by atoms with E-state index in [1.54, 1.807) is 0 Å². The Bertz CT molecular complexity index is 890. The molecule has 0 unspecified atom stereocenters. The lowest BCUT2D eigenvalue weighted by Crippen LogP contribution is -2.27. The van der Waals surface area contributed by atoms with Gasteiger partial charge in [0.1, 0.15) is 11.6 Å². The van der Waals surface area contributed by atoms with Gasteiger partial charge in [-0.25, -0.2) is 0 Å². The van der Waals surface area contributed by atoms with Crippen molar-refractivity contribution >= 4 is 12.2 Å². The third-order valence-corrected chi connectivity index (χ3v) is 3.44. The number of nitrogens with one attached hydrogen (secondary N) is 2. The number of nitrogens with zero attached hydrogens (tertiary/aromatic N) is 1. The van der Waals surface area contributed by atoms with Crippen molar-refractivity contribution in [2.75, 3.05) is 0 Å². The molecule has 1 aliphatic rings. The SMILES string of the molecule is N#CC1=C(N)Oc2c([nH]c(=S)[nH]c2=O)[C@@H]1c1ccccc1. The van der Waals surface area contributed by atoms with Gasteiger partial charge in [-0.05, 0) is 17.8 Å². The topological polar surface area (TPSA) is 108 Å². The molecule has 0 aliphatic carbocycles. The van der Waals surface area contributed by atoms with E-state index in [0.717, 1.165) is 5.56 Å². The first-order chi connectivity index (χ1) is 10.1. The number of H-pyrrole nitrogens is 2. The Balaban J connectivity index is 2.34. The van der Waals surface area contributed by atoms with Crippen molar-refractivity contribution in [1.29, 1.82) is 5.26 Å². The number of hydrogen-bond acceptors (Lipinski definition) is 5. The van der Waals surface area contributed by atoms with Crippen molar-refractivity contribution in [1.82, 2.24) is 9.97 Å². The monoisotopic (exact) mass is 298 g/mol. The van der Waals surface area contributed by atoms with Crippen LogP contribution in [0.5, 0.6) is 5.75 Å². The Hall–Kier alpha value is -2.85. The third-order valence-electron chi connectivity index (χ3n) is 3.23. The number of aromatic nitrogens is 2. The summed E-state index contributed by atoms with van der Waals surface area (Å²) < 4.78 is 5.45. The van der Waals surface area contributed by atoms with Crippen LogP contribution >= 0.6 is 12.2 Å². The van der Waals surface area contributed by atoms with Crippen molar-refractivity contribution in [3.05, 3.63) is 68.2 Å². The Morgan fingerprint density at radius 1 is 1.29 bits per heavy atom. The maximum absolute atomic E-state index is 12.0. The average molecular weight is 298 g/mol. The molecule has 0 bridgehead atoms.